The van der Waals surface area contributed by atoms with Gasteiger partial charge in [-0.05, 0) is 31.8 Å². The molecule has 2 unspecified atom stereocenters. The van der Waals surface area contributed by atoms with E-state index in [4.69, 9.17) is 10.8 Å². The Bertz CT molecular complexity index is 144. The van der Waals surface area contributed by atoms with Gasteiger partial charge < -0.3 is 20.8 Å². The third-order valence-electron chi connectivity index (χ3n) is 2.62. The number of β-amino-alcohol motifs (C(OH)–C–C–N with tert-alkyl or cyclic N) is 1. The molecule has 1 heterocycles. The van der Waals surface area contributed by atoms with Crippen molar-refractivity contribution in [1.29, 1.82) is 0 Å². The normalized spacial score (nSPS) is 26.5. The standard InChI is InChI=1S/C9H20N2O2/c10-3-1-8-2-4-11(5-8)6-9(13)7-12/h8-9,12-13H,1-7,10H2. The highest BCUT2D eigenvalue weighted by molar-refractivity contribution is 4.77. The van der Waals surface area contributed by atoms with Crippen molar-refractivity contribution < 1.29 is 10.2 Å². The number of rotatable bonds is 5. The maximum absolute atomic E-state index is 9.22. The monoisotopic (exact) mass is 188 g/mol. The van der Waals surface area contributed by atoms with Gasteiger partial charge in [0.1, 0.15) is 0 Å². The molecule has 1 rings (SSSR count). The molecule has 13 heavy (non-hydrogen) atoms. The van der Waals surface area contributed by atoms with Crippen LogP contribution in [-0.4, -0.2) is 54.0 Å². The van der Waals surface area contributed by atoms with Crippen molar-refractivity contribution in [3.8, 4) is 0 Å². The third-order valence-corrected chi connectivity index (χ3v) is 2.62. The van der Waals surface area contributed by atoms with Crippen LogP contribution in [0.15, 0.2) is 0 Å². The second-order valence-electron chi connectivity index (χ2n) is 3.83. The molecule has 4 N–H and O–H groups in total. The fourth-order valence-electron chi connectivity index (χ4n) is 1.91. The van der Waals surface area contributed by atoms with Gasteiger partial charge in [-0.3, -0.25) is 0 Å². The summed E-state index contributed by atoms with van der Waals surface area (Å²) in [5.41, 5.74) is 5.47. The summed E-state index contributed by atoms with van der Waals surface area (Å²) >= 11 is 0. The summed E-state index contributed by atoms with van der Waals surface area (Å²) in [6.07, 6.45) is 1.66. The van der Waals surface area contributed by atoms with E-state index in [2.05, 4.69) is 4.90 Å². The Balaban J connectivity index is 2.17. The van der Waals surface area contributed by atoms with Crippen LogP contribution in [0, 0.1) is 5.92 Å². The topological polar surface area (TPSA) is 69.7 Å². The average Bonchev–Trinajstić information content (AvgIpc) is 2.53. The molecule has 1 fully saturated rings. The van der Waals surface area contributed by atoms with Gasteiger partial charge in [-0.2, -0.15) is 0 Å². The fraction of sp³-hybridized carbons (Fsp3) is 1.00. The molecule has 4 heteroatoms. The summed E-state index contributed by atoms with van der Waals surface area (Å²) in [6, 6.07) is 0. The van der Waals surface area contributed by atoms with E-state index < -0.39 is 6.10 Å². The van der Waals surface area contributed by atoms with Crippen molar-refractivity contribution in [1.82, 2.24) is 4.90 Å². The highest BCUT2D eigenvalue weighted by atomic mass is 16.3. The van der Waals surface area contributed by atoms with E-state index in [1.165, 1.54) is 6.42 Å². The van der Waals surface area contributed by atoms with Gasteiger partial charge in [0.05, 0.1) is 12.7 Å². The van der Waals surface area contributed by atoms with Crippen LogP contribution in [0.2, 0.25) is 0 Å². The lowest BCUT2D eigenvalue weighted by molar-refractivity contribution is 0.0650. The van der Waals surface area contributed by atoms with Crippen molar-refractivity contribution >= 4 is 0 Å². The van der Waals surface area contributed by atoms with Crippen LogP contribution < -0.4 is 5.73 Å². The predicted molar refractivity (Wildman–Crippen MR) is 51.3 cm³/mol. The lowest BCUT2D eigenvalue weighted by Crippen LogP contribution is -2.32. The second kappa shape index (κ2) is 5.54. The fourth-order valence-corrected chi connectivity index (χ4v) is 1.91. The molecular formula is C9H20N2O2. The van der Waals surface area contributed by atoms with E-state index >= 15 is 0 Å². The van der Waals surface area contributed by atoms with E-state index in [-0.39, 0.29) is 6.61 Å². The first-order chi connectivity index (χ1) is 6.26. The Morgan fingerprint density at radius 1 is 1.54 bits per heavy atom. The molecule has 0 aromatic carbocycles. The zero-order chi connectivity index (χ0) is 9.68. The number of likely N-dealkylation sites (tertiary alicyclic amines) is 1. The average molecular weight is 188 g/mol. The van der Waals surface area contributed by atoms with Crippen molar-refractivity contribution in [2.24, 2.45) is 11.7 Å². The number of hydrogen-bond acceptors (Lipinski definition) is 4. The molecule has 0 radical (unpaired) electrons. The van der Waals surface area contributed by atoms with Crippen LogP contribution >= 0.6 is 0 Å². The highest BCUT2D eigenvalue weighted by Crippen LogP contribution is 2.18. The van der Waals surface area contributed by atoms with Gasteiger partial charge in [0.25, 0.3) is 0 Å². The second-order valence-corrected chi connectivity index (χ2v) is 3.83. The Morgan fingerprint density at radius 2 is 2.31 bits per heavy atom. The summed E-state index contributed by atoms with van der Waals surface area (Å²) in [4.78, 5) is 2.20. The number of hydrogen-bond donors (Lipinski definition) is 3. The zero-order valence-corrected chi connectivity index (χ0v) is 8.02. The Kier molecular flexibility index (Phi) is 4.66. The van der Waals surface area contributed by atoms with Gasteiger partial charge in [0.2, 0.25) is 0 Å². The zero-order valence-electron chi connectivity index (χ0n) is 8.02. The molecule has 0 bridgehead atoms. The Labute approximate surface area is 79.3 Å². The first-order valence-electron chi connectivity index (χ1n) is 4.97. The largest absolute Gasteiger partial charge is 0.394 e. The van der Waals surface area contributed by atoms with Crippen LogP contribution in [0.4, 0.5) is 0 Å². The maximum atomic E-state index is 9.22. The molecule has 0 spiro atoms. The lowest BCUT2D eigenvalue weighted by atomic mass is 10.1. The van der Waals surface area contributed by atoms with Crippen molar-refractivity contribution in [3.63, 3.8) is 0 Å². The number of nitrogens with two attached hydrogens (primary N) is 1. The van der Waals surface area contributed by atoms with Crippen molar-refractivity contribution in [3.05, 3.63) is 0 Å². The minimum absolute atomic E-state index is 0.141. The van der Waals surface area contributed by atoms with Crippen LogP contribution in [-0.2, 0) is 0 Å². The smallest absolute Gasteiger partial charge is 0.0897 e. The van der Waals surface area contributed by atoms with E-state index in [0.29, 0.717) is 12.5 Å². The van der Waals surface area contributed by atoms with Crippen molar-refractivity contribution in [2.75, 3.05) is 32.8 Å². The predicted octanol–water partition coefficient (Wildman–Crippen LogP) is -0.990. The molecule has 0 aromatic heterocycles. The molecule has 1 saturated heterocycles. The van der Waals surface area contributed by atoms with Gasteiger partial charge >= 0.3 is 0 Å². The first kappa shape index (κ1) is 10.9. The quantitative estimate of drug-likeness (QED) is 0.518. The van der Waals surface area contributed by atoms with E-state index in [1.54, 1.807) is 0 Å². The number of aliphatic hydroxyl groups excluding tert-OH is 2. The van der Waals surface area contributed by atoms with Gasteiger partial charge in [-0.1, -0.05) is 0 Å². The molecular weight excluding hydrogens is 168 g/mol. The molecule has 1 aliphatic heterocycles. The van der Waals surface area contributed by atoms with Crippen LogP contribution in [0.5, 0.6) is 0 Å². The van der Waals surface area contributed by atoms with Gasteiger partial charge in [-0.15, -0.1) is 0 Å². The summed E-state index contributed by atoms with van der Waals surface area (Å²) in [6.45, 7) is 3.26. The van der Waals surface area contributed by atoms with E-state index in [1.807, 2.05) is 0 Å². The molecule has 1 aliphatic rings. The molecule has 0 saturated carbocycles. The van der Waals surface area contributed by atoms with Crippen LogP contribution in [0.3, 0.4) is 0 Å². The number of nitrogens with zero attached hydrogens (tertiary/aromatic N) is 1. The molecule has 0 aliphatic carbocycles. The lowest BCUT2D eigenvalue weighted by Gasteiger charge is -2.18. The van der Waals surface area contributed by atoms with Gasteiger partial charge in [-0.25, -0.2) is 0 Å². The first-order valence-corrected chi connectivity index (χ1v) is 4.97. The molecule has 78 valence electrons. The Hall–Kier alpha value is -0.160. The molecule has 0 amide bonds. The summed E-state index contributed by atoms with van der Waals surface area (Å²) in [7, 11) is 0. The SMILES string of the molecule is NCCC1CCN(CC(O)CO)C1. The maximum Gasteiger partial charge on any atom is 0.0897 e. The molecule has 4 nitrogen and oxygen atoms in total. The van der Waals surface area contributed by atoms with Crippen LogP contribution in [0.25, 0.3) is 0 Å². The van der Waals surface area contributed by atoms with Crippen molar-refractivity contribution in [2.45, 2.75) is 18.9 Å². The van der Waals surface area contributed by atoms with E-state index in [9.17, 15) is 5.11 Å². The van der Waals surface area contributed by atoms with Gasteiger partial charge in [0.15, 0.2) is 0 Å². The minimum atomic E-state index is -0.586. The summed E-state index contributed by atoms with van der Waals surface area (Å²) in [5.74, 6) is 0.691. The number of aliphatic hydroxyl groups is 2. The summed E-state index contributed by atoms with van der Waals surface area (Å²) < 4.78 is 0. The summed E-state index contributed by atoms with van der Waals surface area (Å²) in [5, 5.41) is 17.9. The van der Waals surface area contributed by atoms with E-state index in [0.717, 1.165) is 26.1 Å². The third kappa shape index (κ3) is 3.60. The Morgan fingerprint density at radius 3 is 2.92 bits per heavy atom. The van der Waals surface area contributed by atoms with Gasteiger partial charge in [0, 0.05) is 13.1 Å². The minimum Gasteiger partial charge on any atom is -0.394 e. The molecule has 0 aromatic rings. The van der Waals surface area contributed by atoms with Crippen LogP contribution in [0.1, 0.15) is 12.8 Å². The molecule has 2 atom stereocenters. The highest BCUT2D eigenvalue weighted by Gasteiger charge is 2.22.